The molecule has 0 bridgehead atoms. The lowest BCUT2D eigenvalue weighted by molar-refractivity contribution is -0.227. The summed E-state index contributed by atoms with van der Waals surface area (Å²) in [7, 11) is -11.7. The molecule has 0 fully saturated rings. The molecule has 22 heavy (non-hydrogen) atoms. The van der Waals surface area contributed by atoms with Crippen LogP contribution in [0.1, 0.15) is 0 Å². The quantitative estimate of drug-likeness (QED) is 0.555. The smallest absolute Gasteiger partial charge is 0.211 e. The highest BCUT2D eigenvalue weighted by Gasteiger charge is 2.48. The Labute approximate surface area is 124 Å². The van der Waals surface area contributed by atoms with E-state index in [2.05, 4.69) is 10.3 Å². The van der Waals surface area contributed by atoms with Crippen LogP contribution in [0.5, 0.6) is 0 Å². The molecule has 0 saturated heterocycles. The van der Waals surface area contributed by atoms with Gasteiger partial charge in [-0.3, -0.25) is 0 Å². The molecule has 2 aromatic rings. The predicted molar refractivity (Wildman–Crippen MR) is 70.1 cm³/mol. The second-order valence-corrected chi connectivity index (χ2v) is 8.40. The third kappa shape index (κ3) is 3.18. The first kappa shape index (κ1) is 17.0. The van der Waals surface area contributed by atoms with Gasteiger partial charge in [-0.1, -0.05) is 35.5 Å². The number of hydrogen-bond acceptors (Lipinski definition) is 7. The Kier molecular flexibility index (Phi) is 4.38. The molecule has 2 rings (SSSR count). The molecule has 0 saturated carbocycles. The lowest BCUT2D eigenvalue weighted by Gasteiger charge is -2.41. The number of nitrogens with zero attached hydrogens (tertiary/aromatic N) is 3. The van der Waals surface area contributed by atoms with E-state index >= 15 is 0 Å². The molecule has 0 amide bonds. The molecule has 0 aliphatic heterocycles. The van der Waals surface area contributed by atoms with Crippen LogP contribution >= 0.6 is 15.2 Å². The molecule has 3 N–H and O–H groups in total. The first-order chi connectivity index (χ1) is 10.0. The molecule has 1 aromatic carbocycles. The Morgan fingerprint density at radius 3 is 2.18 bits per heavy atom. The number of hydrogen-bond donors (Lipinski definition) is 3. The number of aliphatic hydroxyl groups is 1. The fourth-order valence-electron chi connectivity index (χ4n) is 1.67. The first-order valence-electron chi connectivity index (χ1n) is 5.80. The molecule has 0 spiro atoms. The van der Waals surface area contributed by atoms with Crippen LogP contribution in [-0.4, -0.2) is 35.0 Å². The molecule has 1 heterocycles. The summed E-state index contributed by atoms with van der Waals surface area (Å²) in [5.41, 5.74) is 0.890. The minimum atomic E-state index is -5.85. The zero-order chi connectivity index (χ0) is 16.6. The van der Waals surface area contributed by atoms with Crippen LogP contribution in [0, 0.1) is 0 Å². The summed E-state index contributed by atoms with van der Waals surface area (Å²) < 4.78 is 22.9. The molecular formula is C10H11N3O7P2-2. The van der Waals surface area contributed by atoms with E-state index in [0.29, 0.717) is 10.2 Å². The third-order valence-corrected chi connectivity index (χ3v) is 6.50. The van der Waals surface area contributed by atoms with Crippen LogP contribution in [0.15, 0.2) is 36.5 Å². The Bertz CT molecular complexity index is 729. The van der Waals surface area contributed by atoms with E-state index < -0.39 is 26.8 Å². The monoisotopic (exact) mass is 347 g/mol. The van der Waals surface area contributed by atoms with Crippen LogP contribution in [0.2, 0.25) is 0 Å². The predicted octanol–water partition coefficient (Wildman–Crippen LogP) is -1.32. The van der Waals surface area contributed by atoms with Crippen LogP contribution < -0.4 is 9.79 Å². The van der Waals surface area contributed by atoms with Gasteiger partial charge in [0, 0.05) is 5.56 Å². The zero-order valence-electron chi connectivity index (χ0n) is 10.9. The van der Waals surface area contributed by atoms with Gasteiger partial charge in [-0.05, 0) is 0 Å². The Hall–Kier alpha value is -1.38. The van der Waals surface area contributed by atoms with Gasteiger partial charge in [-0.2, -0.15) is 0 Å². The second-order valence-electron chi connectivity index (χ2n) is 4.48. The van der Waals surface area contributed by atoms with Crippen molar-refractivity contribution in [2.75, 3.05) is 0 Å². The summed E-state index contributed by atoms with van der Waals surface area (Å²) in [6.07, 6.45) is 1.16. The van der Waals surface area contributed by atoms with E-state index in [9.17, 15) is 24.0 Å². The largest absolute Gasteiger partial charge is 0.776 e. The van der Waals surface area contributed by atoms with Crippen molar-refractivity contribution in [3.05, 3.63) is 36.5 Å². The van der Waals surface area contributed by atoms with Gasteiger partial charge in [0.25, 0.3) is 0 Å². The van der Waals surface area contributed by atoms with Crippen molar-refractivity contribution < 1.29 is 33.8 Å². The van der Waals surface area contributed by atoms with E-state index in [0.717, 1.165) is 6.20 Å². The molecule has 0 radical (unpaired) electrons. The van der Waals surface area contributed by atoms with Gasteiger partial charge < -0.3 is 33.8 Å². The van der Waals surface area contributed by atoms with Crippen molar-refractivity contribution in [2.24, 2.45) is 0 Å². The number of benzene rings is 1. The van der Waals surface area contributed by atoms with Crippen LogP contribution in [0.3, 0.4) is 0 Å². The van der Waals surface area contributed by atoms with E-state index in [1.807, 2.05) is 0 Å². The highest BCUT2D eigenvalue weighted by Crippen LogP contribution is 2.63. The maximum absolute atomic E-state index is 11.1. The van der Waals surface area contributed by atoms with Crippen molar-refractivity contribution in [2.45, 2.75) is 11.6 Å². The molecule has 12 heteroatoms. The molecule has 10 nitrogen and oxygen atoms in total. The van der Waals surface area contributed by atoms with Crippen LogP contribution in [0.25, 0.3) is 11.3 Å². The number of aromatic nitrogens is 3. The number of rotatable bonds is 5. The Morgan fingerprint density at radius 2 is 1.68 bits per heavy atom. The zero-order valence-corrected chi connectivity index (χ0v) is 12.7. The first-order valence-corrected chi connectivity index (χ1v) is 8.96. The van der Waals surface area contributed by atoms with Gasteiger partial charge in [0.05, 0.1) is 12.7 Å². The summed E-state index contributed by atoms with van der Waals surface area (Å²) in [6.45, 7) is -1.23. The van der Waals surface area contributed by atoms with Crippen molar-refractivity contribution in [3.63, 3.8) is 0 Å². The van der Waals surface area contributed by atoms with Gasteiger partial charge >= 0.3 is 0 Å². The second kappa shape index (κ2) is 5.68. The molecule has 0 aliphatic carbocycles. The van der Waals surface area contributed by atoms with Gasteiger partial charge in [-0.15, -0.1) is 5.10 Å². The highest BCUT2D eigenvalue weighted by molar-refractivity contribution is 7.70. The third-order valence-electron chi connectivity index (χ3n) is 2.89. The minimum Gasteiger partial charge on any atom is -0.776 e. The molecule has 1 aromatic heterocycles. The lowest BCUT2D eigenvalue weighted by atomic mass is 10.2. The Balaban J connectivity index is 2.36. The molecule has 0 aliphatic rings. The van der Waals surface area contributed by atoms with Gasteiger partial charge in [-0.25, -0.2) is 4.68 Å². The average Bonchev–Trinajstić information content (AvgIpc) is 2.85. The molecular weight excluding hydrogens is 336 g/mol. The van der Waals surface area contributed by atoms with Crippen molar-refractivity contribution >= 4 is 15.2 Å². The molecule has 2 atom stereocenters. The van der Waals surface area contributed by atoms with Crippen LogP contribution in [0.4, 0.5) is 0 Å². The summed E-state index contributed by atoms with van der Waals surface area (Å²) in [6, 6.07) is 8.53. The maximum Gasteiger partial charge on any atom is 0.211 e. The van der Waals surface area contributed by atoms with E-state index in [1.165, 1.54) is 0 Å². The topological polar surface area (TPSA) is 172 Å². The van der Waals surface area contributed by atoms with Gasteiger partial charge in [0.1, 0.15) is 5.69 Å². The van der Waals surface area contributed by atoms with E-state index in [-0.39, 0.29) is 5.69 Å². The minimum absolute atomic E-state index is 0.278. The van der Waals surface area contributed by atoms with E-state index in [4.69, 9.17) is 9.79 Å². The highest BCUT2D eigenvalue weighted by atomic mass is 31.2. The van der Waals surface area contributed by atoms with Crippen molar-refractivity contribution in [3.8, 4) is 11.3 Å². The van der Waals surface area contributed by atoms with Gasteiger partial charge in [0.2, 0.25) is 5.08 Å². The summed E-state index contributed by atoms with van der Waals surface area (Å²) >= 11 is 0. The fraction of sp³-hybridized carbons (Fsp3) is 0.200. The normalized spacial score (nSPS) is 19.9. The van der Waals surface area contributed by atoms with E-state index in [1.54, 1.807) is 30.3 Å². The summed E-state index contributed by atoms with van der Waals surface area (Å²) in [5, 5.41) is 13.0. The Morgan fingerprint density at radius 1 is 1.14 bits per heavy atom. The maximum atomic E-state index is 11.1. The lowest BCUT2D eigenvalue weighted by Crippen LogP contribution is -2.41. The molecule has 2 unspecified atom stereocenters. The standard InChI is InChI=1S/C10H13N3O7P2/c14-10(21(15,16)17,22(18,19)20)7-13-6-9(11-12-13)8-4-2-1-3-5-8/h1-6,14H,7H2,(H2,15,16,17)(H2,18,19,20)/p-2. The fourth-order valence-corrected chi connectivity index (χ4v) is 3.60. The summed E-state index contributed by atoms with van der Waals surface area (Å²) in [5.74, 6) is 0. The molecule has 120 valence electrons. The average molecular weight is 347 g/mol. The van der Waals surface area contributed by atoms with Crippen LogP contribution in [-0.2, 0) is 15.7 Å². The van der Waals surface area contributed by atoms with Crippen molar-refractivity contribution in [1.82, 2.24) is 15.0 Å². The summed E-state index contributed by atoms with van der Waals surface area (Å²) in [4.78, 5) is 40.1. The van der Waals surface area contributed by atoms with Crippen molar-refractivity contribution in [1.29, 1.82) is 0 Å². The van der Waals surface area contributed by atoms with Gasteiger partial charge in [0.15, 0.2) is 15.2 Å². The SMILES string of the molecule is O=P([O-])(O)C(O)(Cn1cc(-c2ccccc2)nn1)P(=O)([O-])O.